The molecule has 2 aromatic rings. The number of aliphatic imine (C=N–C) groups is 1. The Balaban J connectivity index is 1.43. The van der Waals surface area contributed by atoms with Gasteiger partial charge in [0.2, 0.25) is 15.0 Å². The summed E-state index contributed by atoms with van der Waals surface area (Å²) >= 11 is 0. The Morgan fingerprint density at radius 3 is 2.19 bits per heavy atom. The second-order valence-electron chi connectivity index (χ2n) is 6.82. The Kier molecular flexibility index (Phi) is 4.78. The number of fused-ring (bicyclic) bond motifs is 1. The molecule has 0 atom stereocenters. The average Bonchev–Trinajstić information content (AvgIpc) is 2.90. The van der Waals surface area contributed by atoms with Crippen LogP contribution in [-0.4, -0.2) is 49.6 Å². The highest BCUT2D eigenvalue weighted by Gasteiger charge is 2.35. The van der Waals surface area contributed by atoms with Crippen LogP contribution < -0.4 is 0 Å². The van der Waals surface area contributed by atoms with Crippen molar-refractivity contribution >= 4 is 20.7 Å². The summed E-state index contributed by atoms with van der Waals surface area (Å²) in [4.78, 5) is 9.17. The number of hydrogen-bond donors (Lipinski definition) is 0. The Morgan fingerprint density at radius 2 is 1.50 bits per heavy atom. The van der Waals surface area contributed by atoms with Crippen LogP contribution in [0.2, 0.25) is 0 Å². The third-order valence-electron chi connectivity index (χ3n) is 4.94. The summed E-state index contributed by atoms with van der Waals surface area (Å²) in [5.74, 6) is 0. The smallest absolute Gasteiger partial charge is 0.241 e. The molecule has 2 aliphatic heterocycles. The first kappa shape index (κ1) is 17.2. The maximum absolute atomic E-state index is 12.8. The quantitative estimate of drug-likeness (QED) is 0.816. The molecule has 0 unspecified atom stereocenters. The molecule has 136 valence electrons. The molecule has 1 saturated heterocycles. The van der Waals surface area contributed by atoms with Crippen molar-refractivity contribution in [2.24, 2.45) is 4.99 Å². The van der Waals surface area contributed by atoms with Crippen LogP contribution in [0.4, 0.5) is 5.69 Å². The fourth-order valence-corrected chi connectivity index (χ4v) is 5.25. The van der Waals surface area contributed by atoms with Crippen LogP contribution in [0.15, 0.2) is 64.5 Å². The molecule has 0 saturated carbocycles. The predicted molar refractivity (Wildman–Crippen MR) is 103 cm³/mol. The van der Waals surface area contributed by atoms with E-state index in [1.54, 1.807) is 18.2 Å². The largest absolute Gasteiger partial charge is 0.347 e. The molecule has 5 nitrogen and oxygen atoms in total. The highest BCUT2D eigenvalue weighted by molar-refractivity contribution is 8.06. The normalized spacial score (nSPS) is 20.2. The van der Waals surface area contributed by atoms with Crippen LogP contribution in [0.3, 0.4) is 0 Å². The number of benzene rings is 2. The highest BCUT2D eigenvalue weighted by Crippen LogP contribution is 2.33. The zero-order valence-electron chi connectivity index (χ0n) is 14.7. The molecule has 0 bridgehead atoms. The van der Waals surface area contributed by atoms with Crippen molar-refractivity contribution in [1.82, 2.24) is 9.80 Å². The lowest BCUT2D eigenvalue weighted by Crippen LogP contribution is -2.41. The zero-order valence-corrected chi connectivity index (χ0v) is 15.5. The monoisotopic (exact) mass is 369 g/mol. The molecular weight excluding hydrogens is 346 g/mol. The van der Waals surface area contributed by atoms with E-state index in [4.69, 9.17) is 0 Å². The highest BCUT2D eigenvalue weighted by atomic mass is 32.2. The Hall–Kier alpha value is -2.18. The molecule has 4 rings (SSSR count). The van der Waals surface area contributed by atoms with Crippen LogP contribution in [0.1, 0.15) is 18.4 Å². The molecule has 2 aliphatic rings. The van der Waals surface area contributed by atoms with Gasteiger partial charge in [-0.1, -0.05) is 42.5 Å². The van der Waals surface area contributed by atoms with E-state index in [1.165, 1.54) is 5.56 Å². The van der Waals surface area contributed by atoms with E-state index in [2.05, 4.69) is 34.2 Å². The maximum atomic E-state index is 12.8. The van der Waals surface area contributed by atoms with Crippen LogP contribution in [0.5, 0.6) is 0 Å². The number of nitrogens with zero attached hydrogens (tertiary/aromatic N) is 3. The van der Waals surface area contributed by atoms with Crippen LogP contribution in [-0.2, 0) is 16.4 Å². The molecule has 0 spiro atoms. The van der Waals surface area contributed by atoms with Gasteiger partial charge in [0.25, 0.3) is 0 Å². The summed E-state index contributed by atoms with van der Waals surface area (Å²) in [5, 5.41) is 0.232. The summed E-state index contributed by atoms with van der Waals surface area (Å²) in [6, 6.07) is 17.5. The Morgan fingerprint density at radius 1 is 0.846 bits per heavy atom. The van der Waals surface area contributed by atoms with Gasteiger partial charge in [-0.3, -0.25) is 4.90 Å². The van der Waals surface area contributed by atoms with Crippen molar-refractivity contribution in [3.8, 4) is 0 Å². The van der Waals surface area contributed by atoms with Crippen LogP contribution >= 0.6 is 0 Å². The molecule has 0 N–H and O–H groups in total. The maximum Gasteiger partial charge on any atom is 0.241 e. The van der Waals surface area contributed by atoms with E-state index >= 15 is 0 Å². The zero-order chi connectivity index (χ0) is 18.0. The number of sulfone groups is 1. The molecule has 1 fully saturated rings. The molecule has 26 heavy (non-hydrogen) atoms. The number of para-hydroxylation sites is 1. The number of amidine groups is 1. The molecular formula is C20H23N3O2S. The molecule has 2 heterocycles. The summed E-state index contributed by atoms with van der Waals surface area (Å²) in [6.45, 7) is 4.32. The lowest BCUT2D eigenvalue weighted by atomic mass is 10.2. The minimum atomic E-state index is -3.47. The second-order valence-corrected chi connectivity index (χ2v) is 8.63. The second kappa shape index (κ2) is 7.21. The number of hydrogen-bond acceptors (Lipinski definition) is 5. The van der Waals surface area contributed by atoms with E-state index in [1.807, 2.05) is 17.0 Å². The number of rotatable bonds is 2. The van der Waals surface area contributed by atoms with Crippen LogP contribution in [0.25, 0.3) is 0 Å². The fourth-order valence-electron chi connectivity index (χ4n) is 3.66. The van der Waals surface area contributed by atoms with Crippen molar-refractivity contribution in [2.75, 3.05) is 26.2 Å². The molecule has 6 heteroatoms. The summed E-state index contributed by atoms with van der Waals surface area (Å²) in [6.07, 6.45) is 1.86. The van der Waals surface area contributed by atoms with Crippen molar-refractivity contribution in [3.63, 3.8) is 0 Å². The van der Waals surface area contributed by atoms with Gasteiger partial charge in [0.05, 0.1) is 5.69 Å². The van der Waals surface area contributed by atoms with Gasteiger partial charge in [-0.05, 0) is 30.5 Å². The standard InChI is InChI=1S/C20H23N3O2S/c24-26(25)19-11-5-4-10-18(19)21-20(26)23-14-6-12-22(13-7-15-23)16-17-8-2-1-3-9-17/h1-5,8-11H,6-7,12-16H2. The van der Waals surface area contributed by atoms with Gasteiger partial charge in [0.1, 0.15) is 4.90 Å². The van der Waals surface area contributed by atoms with Gasteiger partial charge in [0, 0.05) is 32.7 Å². The average molecular weight is 369 g/mol. The van der Waals surface area contributed by atoms with Crippen molar-refractivity contribution in [1.29, 1.82) is 0 Å². The summed E-state index contributed by atoms with van der Waals surface area (Å²) in [5.41, 5.74) is 1.89. The molecule has 0 aliphatic carbocycles. The molecule has 2 aromatic carbocycles. The minimum absolute atomic E-state index is 0.232. The Labute approximate surface area is 154 Å². The molecule has 0 radical (unpaired) electrons. The summed E-state index contributed by atoms with van der Waals surface area (Å²) in [7, 11) is -3.47. The molecule has 0 aromatic heterocycles. The first-order chi connectivity index (χ1) is 12.6. The van der Waals surface area contributed by atoms with E-state index < -0.39 is 9.84 Å². The molecule has 0 amide bonds. The first-order valence-corrected chi connectivity index (χ1v) is 10.6. The van der Waals surface area contributed by atoms with E-state index in [9.17, 15) is 8.42 Å². The van der Waals surface area contributed by atoms with Gasteiger partial charge in [-0.15, -0.1) is 0 Å². The van der Waals surface area contributed by atoms with E-state index in [0.29, 0.717) is 10.6 Å². The minimum Gasteiger partial charge on any atom is -0.347 e. The van der Waals surface area contributed by atoms with Crippen molar-refractivity contribution in [3.05, 3.63) is 60.2 Å². The van der Waals surface area contributed by atoms with Gasteiger partial charge < -0.3 is 4.90 Å². The lowest BCUT2D eigenvalue weighted by molar-refractivity contribution is 0.216. The SMILES string of the molecule is O=S1(=O)C(N2CCCN(Cc3ccccc3)CCC2)=Nc2ccccc21. The van der Waals surface area contributed by atoms with Crippen molar-refractivity contribution in [2.45, 2.75) is 24.3 Å². The predicted octanol–water partition coefficient (Wildman–Crippen LogP) is 3.06. The first-order valence-electron chi connectivity index (χ1n) is 9.09. The fraction of sp³-hybridized carbons (Fsp3) is 0.350. The van der Waals surface area contributed by atoms with Crippen LogP contribution in [0, 0.1) is 0 Å². The lowest BCUT2D eigenvalue weighted by Gasteiger charge is -2.31. The van der Waals surface area contributed by atoms with Gasteiger partial charge >= 0.3 is 0 Å². The summed E-state index contributed by atoms with van der Waals surface area (Å²) < 4.78 is 25.6. The van der Waals surface area contributed by atoms with Gasteiger partial charge in [0.15, 0.2) is 0 Å². The topological polar surface area (TPSA) is 53.0 Å². The third kappa shape index (κ3) is 3.39. The van der Waals surface area contributed by atoms with E-state index in [-0.39, 0.29) is 5.17 Å². The van der Waals surface area contributed by atoms with E-state index in [0.717, 1.165) is 45.6 Å². The third-order valence-corrected chi connectivity index (χ3v) is 6.69. The van der Waals surface area contributed by atoms with Gasteiger partial charge in [-0.25, -0.2) is 13.4 Å². The van der Waals surface area contributed by atoms with Gasteiger partial charge in [-0.2, -0.15) is 0 Å². The Bertz CT molecular complexity index is 900. The van der Waals surface area contributed by atoms with Crippen molar-refractivity contribution < 1.29 is 8.42 Å².